The van der Waals surface area contributed by atoms with Gasteiger partial charge >= 0.3 is 5.97 Å². The summed E-state index contributed by atoms with van der Waals surface area (Å²) in [4.78, 5) is 36.7. The van der Waals surface area contributed by atoms with Crippen molar-refractivity contribution in [3.8, 4) is 22.5 Å². The van der Waals surface area contributed by atoms with Crippen molar-refractivity contribution in [1.29, 1.82) is 0 Å². The van der Waals surface area contributed by atoms with Crippen LogP contribution in [0.2, 0.25) is 0 Å². The van der Waals surface area contributed by atoms with Crippen LogP contribution < -0.4 is 5.73 Å². The third-order valence-corrected chi connectivity index (χ3v) is 7.93. The Morgan fingerprint density at radius 1 is 0.857 bits per heavy atom. The van der Waals surface area contributed by atoms with E-state index in [0.29, 0.717) is 28.4 Å². The van der Waals surface area contributed by atoms with E-state index in [1.165, 1.54) is 11.9 Å². The number of carboxylic acids is 1. The predicted molar refractivity (Wildman–Crippen MR) is 161 cm³/mol. The van der Waals surface area contributed by atoms with Gasteiger partial charge in [-0.25, -0.2) is 29.7 Å². The van der Waals surface area contributed by atoms with Crippen molar-refractivity contribution < 1.29 is 9.90 Å². The topological polar surface area (TPSA) is 136 Å². The van der Waals surface area contributed by atoms with Gasteiger partial charge in [0.2, 0.25) is 0 Å². The Morgan fingerprint density at radius 3 is 2.31 bits per heavy atom. The molecule has 4 heterocycles. The van der Waals surface area contributed by atoms with Crippen LogP contribution in [0.25, 0.3) is 44.7 Å². The van der Waals surface area contributed by atoms with E-state index in [4.69, 9.17) is 15.7 Å². The second-order valence-corrected chi connectivity index (χ2v) is 10.6. The molecule has 0 unspecified atom stereocenters. The van der Waals surface area contributed by atoms with Crippen molar-refractivity contribution in [3.63, 3.8) is 0 Å². The zero-order valence-corrected chi connectivity index (χ0v) is 22.8. The van der Waals surface area contributed by atoms with Crippen LogP contribution in [0.4, 0.5) is 5.82 Å². The maximum absolute atomic E-state index is 11.5. The summed E-state index contributed by atoms with van der Waals surface area (Å²) in [6.45, 7) is 2.80. The third kappa shape index (κ3) is 4.82. The molecule has 0 aliphatic carbocycles. The molecule has 0 radical (unpaired) electrons. The van der Waals surface area contributed by atoms with Crippen LogP contribution in [-0.4, -0.2) is 58.6 Å². The fourth-order valence-electron chi connectivity index (χ4n) is 5.71. The summed E-state index contributed by atoms with van der Waals surface area (Å²) in [6, 6.07) is 23.6. The molecule has 3 N–H and O–H groups in total. The van der Waals surface area contributed by atoms with E-state index in [1.807, 2.05) is 36.7 Å². The van der Waals surface area contributed by atoms with Gasteiger partial charge in [-0.3, -0.25) is 4.90 Å². The quantitative estimate of drug-likeness (QED) is 0.283. The molecule has 1 saturated heterocycles. The first kappa shape index (κ1) is 25.7. The minimum absolute atomic E-state index is 0.189. The van der Waals surface area contributed by atoms with Crippen LogP contribution in [0.3, 0.4) is 0 Å². The average Bonchev–Trinajstić information content (AvgIpc) is 3.47. The highest BCUT2D eigenvalue weighted by atomic mass is 16.4. The molecule has 0 spiro atoms. The lowest BCUT2D eigenvalue weighted by atomic mass is 10.0. The lowest BCUT2D eigenvalue weighted by molar-refractivity contribution is 0.0697. The number of nitrogen functional groups attached to an aromatic ring is 1. The van der Waals surface area contributed by atoms with Crippen LogP contribution in [0, 0.1) is 0 Å². The van der Waals surface area contributed by atoms with Gasteiger partial charge in [-0.1, -0.05) is 54.6 Å². The molecule has 3 aromatic heterocycles. The number of hydrogen-bond donors (Lipinski definition) is 2. The van der Waals surface area contributed by atoms with Gasteiger partial charge in [-0.2, -0.15) is 0 Å². The first-order chi connectivity index (χ1) is 20.5. The van der Waals surface area contributed by atoms with Crippen molar-refractivity contribution in [3.05, 3.63) is 96.6 Å². The molecule has 1 aliphatic heterocycles. The number of rotatable bonds is 6. The average molecular weight is 557 g/mol. The fraction of sp³-hybridized carbons (Fsp3) is 0.188. The van der Waals surface area contributed by atoms with Crippen molar-refractivity contribution in [2.24, 2.45) is 0 Å². The lowest BCUT2D eigenvalue weighted by Crippen LogP contribution is -2.34. The molecule has 7 rings (SSSR count). The van der Waals surface area contributed by atoms with Gasteiger partial charge in [0.15, 0.2) is 11.5 Å². The molecule has 0 saturated carbocycles. The first-order valence-corrected chi connectivity index (χ1v) is 13.9. The van der Waals surface area contributed by atoms with E-state index in [1.54, 1.807) is 18.2 Å². The normalized spacial score (nSPS) is 14.5. The number of aromatic carboxylic acids is 1. The maximum atomic E-state index is 11.5. The molecule has 42 heavy (non-hydrogen) atoms. The molecule has 1 fully saturated rings. The van der Waals surface area contributed by atoms with Gasteiger partial charge in [-0.05, 0) is 36.6 Å². The van der Waals surface area contributed by atoms with Gasteiger partial charge in [-0.15, -0.1) is 0 Å². The zero-order chi connectivity index (χ0) is 28.6. The summed E-state index contributed by atoms with van der Waals surface area (Å²) < 4.78 is 2.14. The van der Waals surface area contributed by atoms with E-state index in [-0.39, 0.29) is 5.56 Å². The number of likely N-dealkylation sites (tertiary alicyclic amines) is 1. The Bertz CT molecular complexity index is 1910. The number of carboxylic acid groups (broad SMARTS) is 1. The van der Waals surface area contributed by atoms with Crippen LogP contribution in [0.1, 0.15) is 34.8 Å². The standard InChI is InChI=1S/C32H28N8O2/c33-30-29-31(35-18-34-30)40(19-36-29)24-12-14-39(15-13-24)17-20-6-8-22(9-7-20)28-27(21-4-2-1-3-5-21)38-26-16-23(32(41)42)10-11-25(26)37-28/h1-11,16,18-19,24H,12-15,17H2,(H,41,42)(H2,33,34,35). The third-order valence-electron chi connectivity index (χ3n) is 7.93. The monoisotopic (exact) mass is 556 g/mol. The molecule has 208 valence electrons. The summed E-state index contributed by atoms with van der Waals surface area (Å²) in [6.07, 6.45) is 5.34. The summed E-state index contributed by atoms with van der Waals surface area (Å²) in [7, 11) is 0. The van der Waals surface area contributed by atoms with Crippen molar-refractivity contribution in [1.82, 2.24) is 34.4 Å². The van der Waals surface area contributed by atoms with E-state index in [9.17, 15) is 9.90 Å². The van der Waals surface area contributed by atoms with Crippen LogP contribution in [-0.2, 0) is 6.54 Å². The minimum atomic E-state index is -0.987. The number of hydrogen-bond acceptors (Lipinski definition) is 8. The minimum Gasteiger partial charge on any atom is -0.478 e. The Kier molecular flexibility index (Phi) is 6.52. The number of imidazole rings is 1. The number of piperidine rings is 1. The van der Waals surface area contributed by atoms with Gasteiger partial charge < -0.3 is 15.4 Å². The number of nitrogens with zero attached hydrogens (tertiary/aromatic N) is 7. The SMILES string of the molecule is Nc1ncnc2c1ncn2C1CCN(Cc2ccc(-c3nc4ccc(C(=O)O)cc4nc3-c3ccccc3)cc2)CC1. The molecule has 10 heteroatoms. The molecule has 0 amide bonds. The molecule has 0 bridgehead atoms. The predicted octanol–water partition coefficient (Wildman–Crippen LogP) is 5.22. The highest BCUT2D eigenvalue weighted by molar-refractivity contribution is 5.94. The second-order valence-electron chi connectivity index (χ2n) is 10.6. The van der Waals surface area contributed by atoms with Gasteiger partial charge in [0.25, 0.3) is 0 Å². The van der Waals surface area contributed by atoms with Crippen molar-refractivity contribution >= 4 is 34.0 Å². The molecular weight excluding hydrogens is 528 g/mol. The zero-order valence-electron chi connectivity index (χ0n) is 22.8. The summed E-state index contributed by atoms with van der Waals surface area (Å²) in [5.74, 6) is -0.573. The first-order valence-electron chi connectivity index (χ1n) is 13.9. The molecule has 1 aliphatic rings. The largest absolute Gasteiger partial charge is 0.478 e. The summed E-state index contributed by atoms with van der Waals surface area (Å²) >= 11 is 0. The number of nitrogens with two attached hydrogens (primary N) is 1. The summed E-state index contributed by atoms with van der Waals surface area (Å²) in [5, 5.41) is 9.45. The highest BCUT2D eigenvalue weighted by Crippen LogP contribution is 2.32. The van der Waals surface area contributed by atoms with E-state index < -0.39 is 5.97 Å². The van der Waals surface area contributed by atoms with Crippen molar-refractivity contribution in [2.75, 3.05) is 18.8 Å². The Balaban J connectivity index is 1.10. The van der Waals surface area contributed by atoms with Crippen LogP contribution >= 0.6 is 0 Å². The Labute approximate surface area is 241 Å². The highest BCUT2D eigenvalue weighted by Gasteiger charge is 2.23. The number of fused-ring (bicyclic) bond motifs is 2. The van der Waals surface area contributed by atoms with E-state index in [0.717, 1.165) is 60.6 Å². The molecule has 0 atom stereocenters. The lowest BCUT2D eigenvalue weighted by Gasteiger charge is -2.32. The van der Waals surface area contributed by atoms with Gasteiger partial charge in [0.05, 0.1) is 34.3 Å². The van der Waals surface area contributed by atoms with Crippen LogP contribution in [0.5, 0.6) is 0 Å². The fourth-order valence-corrected chi connectivity index (χ4v) is 5.71. The van der Waals surface area contributed by atoms with Crippen LogP contribution in [0.15, 0.2) is 85.5 Å². The molecule has 3 aromatic carbocycles. The Hall–Kier alpha value is -5.22. The Morgan fingerprint density at radius 2 is 1.57 bits per heavy atom. The maximum Gasteiger partial charge on any atom is 0.335 e. The van der Waals surface area contributed by atoms with Gasteiger partial charge in [0, 0.05) is 36.8 Å². The van der Waals surface area contributed by atoms with E-state index in [2.05, 4.69) is 48.7 Å². The van der Waals surface area contributed by atoms with Crippen molar-refractivity contribution in [2.45, 2.75) is 25.4 Å². The number of carbonyl (C=O) groups is 1. The smallest absolute Gasteiger partial charge is 0.335 e. The summed E-state index contributed by atoms with van der Waals surface area (Å²) in [5.41, 5.74) is 13.4. The molecule has 10 nitrogen and oxygen atoms in total. The van der Waals surface area contributed by atoms with Gasteiger partial charge in [0.1, 0.15) is 11.8 Å². The molecular formula is C32H28N8O2. The number of aromatic nitrogens is 6. The number of anilines is 1. The number of benzene rings is 3. The van der Waals surface area contributed by atoms with E-state index >= 15 is 0 Å². The second kappa shape index (κ2) is 10.6. The molecule has 6 aromatic rings.